The van der Waals surface area contributed by atoms with Crippen LogP contribution in [0.4, 0.5) is 22.0 Å². The molecule has 0 spiro atoms. The van der Waals surface area contributed by atoms with E-state index < -0.39 is 23.3 Å². The number of hydrogen-bond acceptors (Lipinski definition) is 1. The predicted octanol–water partition coefficient (Wildman–Crippen LogP) is 3.59. The largest absolute Gasteiger partial charge is 0.458 e. The predicted molar refractivity (Wildman–Crippen MR) is 49.7 cm³/mol. The Labute approximate surface area is 94.2 Å². The first-order chi connectivity index (χ1) is 7.67. The van der Waals surface area contributed by atoms with E-state index in [1.165, 1.54) is 12.1 Å². The van der Waals surface area contributed by atoms with Gasteiger partial charge in [0.15, 0.2) is 0 Å². The maximum atomic E-state index is 13.0. The van der Waals surface area contributed by atoms with Gasteiger partial charge >= 0.3 is 12.1 Å². The van der Waals surface area contributed by atoms with E-state index in [1.54, 1.807) is 6.92 Å². The van der Waals surface area contributed by atoms with Crippen molar-refractivity contribution in [3.8, 4) is 0 Å². The fraction of sp³-hybridized carbons (Fsp3) is 0.455. The van der Waals surface area contributed by atoms with Crippen LogP contribution < -0.4 is 0 Å². The van der Waals surface area contributed by atoms with Crippen LogP contribution in [0.2, 0.25) is 0 Å². The summed E-state index contributed by atoms with van der Waals surface area (Å²) in [6, 6.07) is 4.05. The van der Waals surface area contributed by atoms with E-state index in [9.17, 15) is 22.0 Å². The van der Waals surface area contributed by atoms with Crippen molar-refractivity contribution in [2.45, 2.75) is 24.6 Å². The molecule has 0 bridgehead atoms. The van der Waals surface area contributed by atoms with Crippen molar-refractivity contribution in [1.29, 1.82) is 0 Å². The van der Waals surface area contributed by atoms with E-state index in [-0.39, 0.29) is 0 Å². The van der Waals surface area contributed by atoms with Crippen LogP contribution >= 0.6 is 0 Å². The standard InChI is InChI=1S/C11H9F5O/c1-9(6-17-9)7-2-4-8(5-3-7)10(12,13)11(14,15)16/h2-5H,6H2,1H3. The Hall–Kier alpha value is -1.17. The molecule has 1 aliphatic rings. The van der Waals surface area contributed by atoms with E-state index in [4.69, 9.17) is 4.74 Å². The summed E-state index contributed by atoms with van der Waals surface area (Å²) in [4.78, 5) is 0. The molecule has 0 saturated carbocycles. The van der Waals surface area contributed by atoms with E-state index in [0.29, 0.717) is 12.2 Å². The average Bonchev–Trinajstić information content (AvgIpc) is 2.96. The number of epoxide rings is 1. The molecule has 6 heteroatoms. The topological polar surface area (TPSA) is 12.5 Å². The monoisotopic (exact) mass is 252 g/mol. The molecule has 1 aromatic carbocycles. The first kappa shape index (κ1) is 12.3. The fourth-order valence-electron chi connectivity index (χ4n) is 1.47. The van der Waals surface area contributed by atoms with Gasteiger partial charge < -0.3 is 4.74 Å². The number of rotatable bonds is 2. The zero-order chi connectivity index (χ0) is 12.9. The third-order valence-corrected chi connectivity index (χ3v) is 2.79. The molecule has 17 heavy (non-hydrogen) atoms. The van der Waals surface area contributed by atoms with Crippen LogP contribution in [-0.4, -0.2) is 12.8 Å². The van der Waals surface area contributed by atoms with E-state index in [1.807, 2.05) is 0 Å². The molecule has 1 heterocycles. The van der Waals surface area contributed by atoms with Crippen molar-refractivity contribution in [3.63, 3.8) is 0 Å². The summed E-state index contributed by atoms with van der Waals surface area (Å²) in [6.45, 7) is 2.19. The molecule has 0 radical (unpaired) electrons. The number of ether oxygens (including phenoxy) is 1. The Bertz CT molecular complexity index is 416. The van der Waals surface area contributed by atoms with Crippen molar-refractivity contribution in [2.24, 2.45) is 0 Å². The number of alkyl halides is 5. The lowest BCUT2D eigenvalue weighted by atomic mass is 9.98. The minimum atomic E-state index is -5.57. The minimum absolute atomic E-state index is 0.446. The summed E-state index contributed by atoms with van der Waals surface area (Å²) in [5.74, 6) is -4.82. The molecule has 2 rings (SSSR count). The van der Waals surface area contributed by atoms with Crippen molar-refractivity contribution in [3.05, 3.63) is 35.4 Å². The van der Waals surface area contributed by atoms with Crippen molar-refractivity contribution < 1.29 is 26.7 Å². The Morgan fingerprint density at radius 2 is 1.53 bits per heavy atom. The lowest BCUT2D eigenvalue weighted by Crippen LogP contribution is -2.33. The maximum Gasteiger partial charge on any atom is 0.458 e. The Morgan fingerprint density at radius 1 is 1.06 bits per heavy atom. The summed E-state index contributed by atoms with van der Waals surface area (Å²) >= 11 is 0. The quantitative estimate of drug-likeness (QED) is 0.579. The Morgan fingerprint density at radius 3 is 1.88 bits per heavy atom. The molecule has 0 aliphatic carbocycles. The highest BCUT2D eigenvalue weighted by atomic mass is 19.4. The van der Waals surface area contributed by atoms with Crippen LogP contribution in [0.3, 0.4) is 0 Å². The van der Waals surface area contributed by atoms with Gasteiger partial charge in [-0.15, -0.1) is 0 Å². The second-order valence-electron chi connectivity index (χ2n) is 4.17. The zero-order valence-corrected chi connectivity index (χ0v) is 8.81. The molecule has 1 fully saturated rings. The SMILES string of the molecule is CC1(c2ccc(C(F)(F)C(F)(F)F)cc2)CO1. The van der Waals surface area contributed by atoms with Crippen LogP contribution in [-0.2, 0) is 16.3 Å². The molecule has 1 atom stereocenters. The molecule has 1 nitrogen and oxygen atoms in total. The number of halogens is 5. The smallest absolute Gasteiger partial charge is 0.365 e. The van der Waals surface area contributed by atoms with Gasteiger partial charge in [-0.3, -0.25) is 0 Å². The first-order valence-electron chi connectivity index (χ1n) is 4.86. The minimum Gasteiger partial charge on any atom is -0.365 e. The molecular formula is C11H9F5O. The molecular weight excluding hydrogens is 243 g/mol. The summed E-state index contributed by atoms with van der Waals surface area (Å²) in [6.07, 6.45) is -5.57. The van der Waals surface area contributed by atoms with Crippen LogP contribution in [0.5, 0.6) is 0 Å². The molecule has 0 N–H and O–H groups in total. The highest BCUT2D eigenvalue weighted by Crippen LogP contribution is 2.45. The Balaban J connectivity index is 2.29. The van der Waals surface area contributed by atoms with Gasteiger partial charge in [-0.05, 0) is 12.5 Å². The zero-order valence-electron chi connectivity index (χ0n) is 8.81. The molecule has 1 saturated heterocycles. The summed E-state index contributed by atoms with van der Waals surface area (Å²) in [7, 11) is 0. The van der Waals surface area contributed by atoms with Gasteiger partial charge in [0.1, 0.15) is 5.60 Å². The van der Waals surface area contributed by atoms with E-state index >= 15 is 0 Å². The maximum absolute atomic E-state index is 13.0. The normalized spacial score (nSPS) is 24.8. The average molecular weight is 252 g/mol. The summed E-state index contributed by atoms with van der Waals surface area (Å²) < 4.78 is 67.2. The third-order valence-electron chi connectivity index (χ3n) is 2.79. The first-order valence-corrected chi connectivity index (χ1v) is 4.86. The van der Waals surface area contributed by atoms with Gasteiger partial charge in [0, 0.05) is 5.56 Å². The molecule has 1 unspecified atom stereocenters. The summed E-state index contributed by atoms with van der Waals surface area (Å²) in [5.41, 5.74) is -0.997. The number of hydrogen-bond donors (Lipinski definition) is 0. The van der Waals surface area contributed by atoms with Gasteiger partial charge in [0.05, 0.1) is 6.61 Å². The van der Waals surface area contributed by atoms with Gasteiger partial charge in [0.2, 0.25) is 0 Å². The second kappa shape index (κ2) is 3.41. The molecule has 0 aromatic heterocycles. The lowest BCUT2D eigenvalue weighted by Gasteiger charge is -2.20. The summed E-state index contributed by atoms with van der Waals surface area (Å²) in [5, 5.41) is 0. The van der Waals surface area contributed by atoms with Gasteiger partial charge in [-0.25, -0.2) is 0 Å². The van der Waals surface area contributed by atoms with Crippen LogP contribution in [0.25, 0.3) is 0 Å². The van der Waals surface area contributed by atoms with Crippen molar-refractivity contribution in [2.75, 3.05) is 6.61 Å². The fourth-order valence-corrected chi connectivity index (χ4v) is 1.47. The van der Waals surface area contributed by atoms with Gasteiger partial charge in [-0.1, -0.05) is 24.3 Å². The molecule has 1 aromatic rings. The molecule has 94 valence electrons. The van der Waals surface area contributed by atoms with Crippen molar-refractivity contribution in [1.82, 2.24) is 0 Å². The molecule has 0 amide bonds. The van der Waals surface area contributed by atoms with Gasteiger partial charge in [-0.2, -0.15) is 22.0 Å². The lowest BCUT2D eigenvalue weighted by molar-refractivity contribution is -0.289. The van der Waals surface area contributed by atoms with E-state index in [0.717, 1.165) is 12.1 Å². The van der Waals surface area contributed by atoms with E-state index in [2.05, 4.69) is 0 Å². The highest BCUT2D eigenvalue weighted by Gasteiger charge is 2.58. The van der Waals surface area contributed by atoms with Crippen LogP contribution in [0, 0.1) is 0 Å². The molecule has 1 aliphatic heterocycles. The van der Waals surface area contributed by atoms with Crippen molar-refractivity contribution >= 4 is 0 Å². The van der Waals surface area contributed by atoms with Gasteiger partial charge in [0.25, 0.3) is 0 Å². The second-order valence-corrected chi connectivity index (χ2v) is 4.17. The van der Waals surface area contributed by atoms with Crippen LogP contribution in [0.1, 0.15) is 18.1 Å². The number of benzene rings is 1. The Kier molecular flexibility index (Phi) is 2.47. The van der Waals surface area contributed by atoms with Crippen LogP contribution in [0.15, 0.2) is 24.3 Å². The third kappa shape index (κ3) is 2.01. The highest BCUT2D eigenvalue weighted by molar-refractivity contribution is 5.32.